The first kappa shape index (κ1) is 10.3. The maximum atomic E-state index is 5.56. The van der Waals surface area contributed by atoms with Gasteiger partial charge in [0.2, 0.25) is 0 Å². The van der Waals surface area contributed by atoms with Gasteiger partial charge in [-0.25, -0.2) is 0 Å². The molecule has 0 aromatic heterocycles. The molecule has 1 saturated carbocycles. The summed E-state index contributed by atoms with van der Waals surface area (Å²) in [5.74, 6) is 2.65. The van der Waals surface area contributed by atoms with Crippen molar-refractivity contribution in [2.75, 3.05) is 6.54 Å². The molecule has 0 spiro atoms. The van der Waals surface area contributed by atoms with Gasteiger partial charge in [0.05, 0.1) is 0 Å². The fraction of sp³-hybridized carbons (Fsp3) is 0.429. The smallest absolute Gasteiger partial charge is 0.0242 e. The van der Waals surface area contributed by atoms with Crippen LogP contribution in [0, 0.1) is 12.3 Å². The zero-order valence-corrected chi connectivity index (χ0v) is 9.00. The van der Waals surface area contributed by atoms with Gasteiger partial charge in [-0.05, 0) is 55.3 Å². The molecule has 1 aromatic carbocycles. The molecule has 0 radical (unpaired) electrons. The van der Waals surface area contributed by atoms with Gasteiger partial charge in [-0.2, -0.15) is 0 Å². The fourth-order valence-corrected chi connectivity index (χ4v) is 2.19. The van der Waals surface area contributed by atoms with Crippen LogP contribution in [0.3, 0.4) is 0 Å². The monoisotopic (exact) mass is 199 g/mol. The Kier molecular flexibility index (Phi) is 2.79. The van der Waals surface area contributed by atoms with Crippen LogP contribution in [-0.4, -0.2) is 6.54 Å². The lowest BCUT2D eigenvalue weighted by atomic mass is 9.90. The Morgan fingerprint density at radius 3 is 2.40 bits per heavy atom. The first-order valence-electron chi connectivity index (χ1n) is 5.58. The highest BCUT2D eigenvalue weighted by molar-refractivity contribution is 5.39. The summed E-state index contributed by atoms with van der Waals surface area (Å²) in [6.45, 7) is 0.796. The molecule has 1 aromatic rings. The summed E-state index contributed by atoms with van der Waals surface area (Å²) in [5, 5.41) is 0. The highest BCUT2D eigenvalue weighted by Gasteiger charge is 2.42. The molecule has 1 nitrogen and oxygen atoms in total. The molecule has 2 N–H and O–H groups in total. The van der Waals surface area contributed by atoms with Gasteiger partial charge in [-0.15, -0.1) is 6.42 Å². The molecule has 1 heteroatoms. The van der Waals surface area contributed by atoms with Gasteiger partial charge in [-0.3, -0.25) is 0 Å². The van der Waals surface area contributed by atoms with Crippen LogP contribution in [0.5, 0.6) is 0 Å². The Morgan fingerprint density at radius 2 is 1.93 bits per heavy atom. The molecule has 0 aliphatic heterocycles. The van der Waals surface area contributed by atoms with E-state index in [-0.39, 0.29) is 0 Å². The van der Waals surface area contributed by atoms with Crippen LogP contribution in [0.2, 0.25) is 0 Å². The van der Waals surface area contributed by atoms with Crippen molar-refractivity contribution in [1.29, 1.82) is 0 Å². The van der Waals surface area contributed by atoms with Crippen LogP contribution in [0.4, 0.5) is 0 Å². The van der Waals surface area contributed by atoms with E-state index in [4.69, 9.17) is 12.2 Å². The Hall–Kier alpha value is -1.26. The second kappa shape index (κ2) is 4.08. The molecular formula is C14H17N. The summed E-state index contributed by atoms with van der Waals surface area (Å²) in [5.41, 5.74) is 8.40. The molecule has 78 valence electrons. The normalized spacial score (nSPS) is 17.1. The fourth-order valence-electron chi connectivity index (χ4n) is 2.19. The van der Waals surface area contributed by atoms with E-state index < -0.39 is 0 Å². The number of nitrogens with two attached hydrogens (primary N) is 1. The standard InChI is InChI=1S/C14H17N/c1-2-12-4-6-13(7-5-12)14(9-10-14)8-3-11-15/h1,4-7H,3,8-11,15H2. The molecule has 0 unspecified atom stereocenters. The maximum Gasteiger partial charge on any atom is 0.0242 e. The summed E-state index contributed by atoms with van der Waals surface area (Å²) in [6, 6.07) is 8.44. The highest BCUT2D eigenvalue weighted by atomic mass is 14.5. The van der Waals surface area contributed by atoms with Crippen molar-refractivity contribution >= 4 is 0 Å². The van der Waals surface area contributed by atoms with Crippen LogP contribution in [0.25, 0.3) is 0 Å². The van der Waals surface area contributed by atoms with E-state index in [1.807, 2.05) is 12.1 Å². The number of rotatable bonds is 4. The third kappa shape index (κ3) is 2.06. The Bertz CT molecular complexity index is 365. The minimum Gasteiger partial charge on any atom is -0.330 e. The van der Waals surface area contributed by atoms with E-state index in [1.54, 1.807) is 0 Å². The minimum atomic E-state index is 0.437. The predicted molar refractivity (Wildman–Crippen MR) is 63.6 cm³/mol. The SMILES string of the molecule is C#Cc1ccc(C2(CCCN)CC2)cc1. The van der Waals surface area contributed by atoms with Crippen molar-refractivity contribution in [3.05, 3.63) is 35.4 Å². The van der Waals surface area contributed by atoms with E-state index in [0.29, 0.717) is 5.41 Å². The Balaban J connectivity index is 2.12. The van der Waals surface area contributed by atoms with Crippen LogP contribution in [0.15, 0.2) is 24.3 Å². The molecule has 0 heterocycles. The Labute approximate surface area is 91.7 Å². The summed E-state index contributed by atoms with van der Waals surface area (Å²) < 4.78 is 0. The predicted octanol–water partition coefficient (Wildman–Crippen LogP) is 2.44. The molecular weight excluding hydrogens is 182 g/mol. The van der Waals surface area contributed by atoms with Crippen molar-refractivity contribution in [3.63, 3.8) is 0 Å². The van der Waals surface area contributed by atoms with Crippen LogP contribution in [0.1, 0.15) is 36.8 Å². The number of hydrogen-bond donors (Lipinski definition) is 1. The van der Waals surface area contributed by atoms with Gasteiger partial charge in [-0.1, -0.05) is 18.1 Å². The quantitative estimate of drug-likeness (QED) is 0.740. The third-order valence-electron chi connectivity index (χ3n) is 3.38. The molecule has 0 atom stereocenters. The number of terminal acetylenes is 1. The number of benzene rings is 1. The van der Waals surface area contributed by atoms with Crippen LogP contribution in [-0.2, 0) is 5.41 Å². The first-order valence-corrected chi connectivity index (χ1v) is 5.58. The van der Waals surface area contributed by atoms with Gasteiger partial charge in [0.15, 0.2) is 0 Å². The molecule has 1 aliphatic carbocycles. The van der Waals surface area contributed by atoms with Crippen molar-refractivity contribution in [3.8, 4) is 12.3 Å². The molecule has 2 rings (SSSR count). The average molecular weight is 199 g/mol. The molecule has 0 saturated heterocycles. The third-order valence-corrected chi connectivity index (χ3v) is 3.38. The summed E-state index contributed by atoms with van der Waals surface area (Å²) in [7, 11) is 0. The molecule has 1 aliphatic rings. The van der Waals surface area contributed by atoms with E-state index in [9.17, 15) is 0 Å². The van der Waals surface area contributed by atoms with Gasteiger partial charge in [0, 0.05) is 5.56 Å². The van der Waals surface area contributed by atoms with Gasteiger partial charge in [0.1, 0.15) is 0 Å². The van der Waals surface area contributed by atoms with Gasteiger partial charge in [0.25, 0.3) is 0 Å². The Morgan fingerprint density at radius 1 is 1.27 bits per heavy atom. The topological polar surface area (TPSA) is 26.0 Å². The summed E-state index contributed by atoms with van der Waals surface area (Å²) in [6.07, 6.45) is 10.3. The van der Waals surface area contributed by atoms with Gasteiger partial charge >= 0.3 is 0 Å². The zero-order chi connectivity index (χ0) is 10.7. The van der Waals surface area contributed by atoms with Crippen molar-refractivity contribution in [1.82, 2.24) is 0 Å². The van der Waals surface area contributed by atoms with E-state index in [0.717, 1.165) is 18.5 Å². The minimum absolute atomic E-state index is 0.437. The average Bonchev–Trinajstić information content (AvgIpc) is 3.08. The second-order valence-corrected chi connectivity index (χ2v) is 4.39. The van der Waals surface area contributed by atoms with Crippen molar-refractivity contribution in [2.45, 2.75) is 31.1 Å². The zero-order valence-electron chi connectivity index (χ0n) is 9.00. The summed E-state index contributed by atoms with van der Waals surface area (Å²) >= 11 is 0. The largest absolute Gasteiger partial charge is 0.330 e. The summed E-state index contributed by atoms with van der Waals surface area (Å²) in [4.78, 5) is 0. The van der Waals surface area contributed by atoms with Crippen molar-refractivity contribution < 1.29 is 0 Å². The van der Waals surface area contributed by atoms with Gasteiger partial charge < -0.3 is 5.73 Å². The lowest BCUT2D eigenvalue weighted by Crippen LogP contribution is -2.09. The van der Waals surface area contributed by atoms with E-state index in [1.165, 1.54) is 24.8 Å². The lowest BCUT2D eigenvalue weighted by Gasteiger charge is -2.14. The molecule has 15 heavy (non-hydrogen) atoms. The second-order valence-electron chi connectivity index (χ2n) is 4.39. The maximum absolute atomic E-state index is 5.56. The number of hydrogen-bond acceptors (Lipinski definition) is 1. The molecule has 0 bridgehead atoms. The van der Waals surface area contributed by atoms with E-state index >= 15 is 0 Å². The van der Waals surface area contributed by atoms with E-state index in [2.05, 4.69) is 18.1 Å². The first-order chi connectivity index (χ1) is 7.30. The van der Waals surface area contributed by atoms with Crippen LogP contribution < -0.4 is 5.73 Å². The molecule has 0 amide bonds. The van der Waals surface area contributed by atoms with Crippen LogP contribution >= 0.6 is 0 Å². The molecule has 1 fully saturated rings. The lowest BCUT2D eigenvalue weighted by molar-refractivity contribution is 0.589. The highest BCUT2D eigenvalue weighted by Crippen LogP contribution is 2.51. The van der Waals surface area contributed by atoms with Crippen molar-refractivity contribution in [2.24, 2.45) is 5.73 Å².